The summed E-state index contributed by atoms with van der Waals surface area (Å²) in [7, 11) is 0. The van der Waals surface area contributed by atoms with Crippen molar-refractivity contribution >= 4 is 35.0 Å². The smallest absolute Gasteiger partial charge is 0.203 e. The fraction of sp³-hybridized carbons (Fsp3) is 0.250. The minimum Gasteiger partial charge on any atom is -0.203 e. The molecule has 12 heteroatoms. The van der Waals surface area contributed by atoms with Gasteiger partial charge in [0.2, 0.25) is 23.0 Å². The number of para-hydroxylation sites is 2. The summed E-state index contributed by atoms with van der Waals surface area (Å²) in [6, 6.07) is 14.8. The molecule has 0 aromatic heterocycles. The first-order valence-electron chi connectivity index (χ1n) is 16.4. The summed E-state index contributed by atoms with van der Waals surface area (Å²) in [6.45, 7) is 8.28. The molecule has 6 rings (SSSR count). The molecule has 0 aliphatic carbocycles. The Balaban J connectivity index is 1.33. The molecule has 52 heavy (non-hydrogen) atoms. The fourth-order valence-corrected chi connectivity index (χ4v) is 7.16. The van der Waals surface area contributed by atoms with Crippen molar-refractivity contribution in [1.29, 1.82) is 0 Å². The third kappa shape index (κ3) is 5.85. The van der Waals surface area contributed by atoms with Crippen LogP contribution in [0.5, 0.6) is 0 Å². The monoisotopic (exact) mass is 730 g/mol. The molecular weight excluding hydrogens is 698 g/mol. The van der Waals surface area contributed by atoms with Gasteiger partial charge < -0.3 is 0 Å². The van der Waals surface area contributed by atoms with Crippen LogP contribution in [0.3, 0.4) is 0 Å². The second-order valence-electron chi connectivity index (χ2n) is 13.7. The Bertz CT molecular complexity index is 2050. The first-order valence-corrected chi connectivity index (χ1v) is 16.4. The van der Waals surface area contributed by atoms with Gasteiger partial charge in [0, 0.05) is 48.3 Å². The Hall–Kier alpha value is -5.00. The Kier molecular flexibility index (Phi) is 9.56. The van der Waals surface area contributed by atoms with Gasteiger partial charge in [0.1, 0.15) is 13.1 Å². The van der Waals surface area contributed by atoms with Crippen molar-refractivity contribution in [2.45, 2.75) is 51.4 Å². The van der Waals surface area contributed by atoms with E-state index >= 15 is 0 Å². The number of unbranched alkanes of at least 4 members (excludes halogenated alkanes) is 1. The summed E-state index contributed by atoms with van der Waals surface area (Å²) in [4.78, 5) is 0. The van der Waals surface area contributed by atoms with Crippen LogP contribution in [0.15, 0.2) is 60.7 Å². The molecular formula is C40H32F10N2+2. The molecule has 2 aliphatic rings. The van der Waals surface area contributed by atoms with E-state index in [1.54, 1.807) is 0 Å². The Morgan fingerprint density at radius 1 is 0.423 bits per heavy atom. The fourth-order valence-electron chi connectivity index (χ4n) is 7.16. The zero-order chi connectivity index (χ0) is 37.9. The predicted molar refractivity (Wildman–Crippen MR) is 178 cm³/mol. The maximum absolute atomic E-state index is 14.6. The van der Waals surface area contributed by atoms with E-state index in [0.717, 1.165) is 34.7 Å². The van der Waals surface area contributed by atoms with Gasteiger partial charge in [-0.05, 0) is 39.8 Å². The van der Waals surface area contributed by atoms with Gasteiger partial charge >= 0.3 is 0 Å². The molecule has 270 valence electrons. The summed E-state index contributed by atoms with van der Waals surface area (Å²) in [6.07, 6.45) is 5.53. The summed E-state index contributed by atoms with van der Waals surface area (Å²) in [5.41, 5.74) is 0.931. The first-order chi connectivity index (χ1) is 24.5. The minimum absolute atomic E-state index is 0.381. The molecule has 4 aromatic carbocycles. The molecule has 4 aromatic rings. The lowest BCUT2D eigenvalue weighted by Crippen LogP contribution is -2.28. The van der Waals surface area contributed by atoms with Crippen LogP contribution < -0.4 is 0 Å². The van der Waals surface area contributed by atoms with Crippen LogP contribution in [0.1, 0.15) is 62.8 Å². The van der Waals surface area contributed by atoms with Gasteiger partial charge in [-0.3, -0.25) is 0 Å². The Morgan fingerprint density at radius 2 is 0.712 bits per heavy atom. The molecule has 0 bridgehead atoms. The van der Waals surface area contributed by atoms with Crippen LogP contribution in [-0.4, -0.2) is 33.7 Å². The van der Waals surface area contributed by atoms with Gasteiger partial charge in [-0.1, -0.05) is 36.4 Å². The van der Waals surface area contributed by atoms with Gasteiger partial charge in [-0.2, -0.15) is 9.15 Å². The first kappa shape index (κ1) is 36.8. The molecule has 2 aliphatic heterocycles. The van der Waals surface area contributed by atoms with Crippen molar-refractivity contribution in [2.75, 3.05) is 13.1 Å². The van der Waals surface area contributed by atoms with Gasteiger partial charge in [0.25, 0.3) is 0 Å². The van der Waals surface area contributed by atoms with E-state index in [0.29, 0.717) is 37.4 Å². The SMILES string of the molecule is CC1(C)C(/C=C/c2c(F)c(F)c(F)c(F)c2F)=[N+](CCCC[N+]2=C(/C=C/c3c(F)c(F)c(F)c(F)c3F)C(C)(C)c3ccccc32)c2ccccc21. The molecule has 0 fully saturated rings. The average Bonchev–Trinajstić information content (AvgIpc) is 3.48. The average molecular weight is 731 g/mol. The highest BCUT2D eigenvalue weighted by Crippen LogP contribution is 2.42. The normalized spacial score (nSPS) is 16.2. The van der Waals surface area contributed by atoms with Gasteiger partial charge in [-0.25, -0.2) is 43.9 Å². The summed E-state index contributed by atoms with van der Waals surface area (Å²) in [5, 5.41) is 0. The molecule has 0 atom stereocenters. The van der Waals surface area contributed by atoms with E-state index in [-0.39, 0.29) is 0 Å². The largest absolute Gasteiger partial charge is 0.209 e. The van der Waals surface area contributed by atoms with Crippen LogP contribution in [0.2, 0.25) is 0 Å². The zero-order valence-electron chi connectivity index (χ0n) is 28.4. The topological polar surface area (TPSA) is 6.02 Å². The number of halogens is 10. The van der Waals surface area contributed by atoms with Crippen molar-refractivity contribution < 1.29 is 53.1 Å². The molecule has 2 heterocycles. The van der Waals surface area contributed by atoms with Crippen molar-refractivity contribution in [3.05, 3.63) is 141 Å². The number of benzene rings is 4. The maximum Gasteiger partial charge on any atom is 0.209 e. The zero-order valence-corrected chi connectivity index (χ0v) is 28.4. The van der Waals surface area contributed by atoms with E-state index in [1.165, 1.54) is 12.2 Å². The van der Waals surface area contributed by atoms with Crippen LogP contribution >= 0.6 is 0 Å². The van der Waals surface area contributed by atoms with Crippen LogP contribution in [0.4, 0.5) is 55.3 Å². The lowest BCUT2D eigenvalue weighted by Gasteiger charge is -2.15. The number of hydrogen-bond acceptors (Lipinski definition) is 0. The van der Waals surface area contributed by atoms with Crippen molar-refractivity contribution in [3.8, 4) is 0 Å². The second-order valence-corrected chi connectivity index (χ2v) is 13.7. The summed E-state index contributed by atoms with van der Waals surface area (Å²) in [5.74, 6) is -20.4. The molecule has 0 unspecified atom stereocenters. The van der Waals surface area contributed by atoms with E-state index in [9.17, 15) is 43.9 Å². The number of hydrogen-bond donors (Lipinski definition) is 0. The number of allylic oxidation sites excluding steroid dienone is 2. The quantitative estimate of drug-likeness (QED) is 0.0532. The van der Waals surface area contributed by atoms with Crippen molar-refractivity contribution in [1.82, 2.24) is 0 Å². The lowest BCUT2D eigenvalue weighted by molar-refractivity contribution is -0.451. The van der Waals surface area contributed by atoms with Crippen LogP contribution in [0, 0.1) is 58.2 Å². The number of fused-ring (bicyclic) bond motifs is 2. The number of nitrogens with zero attached hydrogens (tertiary/aromatic N) is 2. The van der Waals surface area contributed by atoms with Crippen molar-refractivity contribution in [2.24, 2.45) is 0 Å². The molecule has 0 N–H and O–H groups in total. The molecule has 2 nitrogen and oxygen atoms in total. The molecule has 0 amide bonds. The summed E-state index contributed by atoms with van der Waals surface area (Å²) >= 11 is 0. The molecule has 0 radical (unpaired) electrons. The molecule has 0 saturated carbocycles. The molecule has 0 spiro atoms. The Labute approximate surface area is 293 Å². The van der Waals surface area contributed by atoms with E-state index in [4.69, 9.17) is 0 Å². The van der Waals surface area contributed by atoms with E-state index in [2.05, 4.69) is 0 Å². The highest BCUT2D eigenvalue weighted by atomic mass is 19.2. The van der Waals surface area contributed by atoms with E-state index < -0.39 is 80.1 Å². The maximum atomic E-state index is 14.6. The van der Waals surface area contributed by atoms with Crippen LogP contribution in [0.25, 0.3) is 12.2 Å². The predicted octanol–water partition coefficient (Wildman–Crippen LogP) is 10.7. The highest BCUT2D eigenvalue weighted by molar-refractivity contribution is 6.06. The van der Waals surface area contributed by atoms with Crippen LogP contribution in [-0.2, 0) is 10.8 Å². The van der Waals surface area contributed by atoms with Crippen molar-refractivity contribution in [3.63, 3.8) is 0 Å². The summed E-state index contributed by atoms with van der Waals surface area (Å²) < 4.78 is 145. The Morgan fingerprint density at radius 3 is 1.04 bits per heavy atom. The second kappa shape index (κ2) is 13.5. The van der Waals surface area contributed by atoms with Gasteiger partial charge in [-0.15, -0.1) is 0 Å². The van der Waals surface area contributed by atoms with Gasteiger partial charge in [0.05, 0.1) is 22.0 Å². The third-order valence-electron chi connectivity index (χ3n) is 9.92. The molecule has 0 saturated heterocycles. The minimum atomic E-state index is -2.24. The third-order valence-corrected chi connectivity index (χ3v) is 9.92. The van der Waals surface area contributed by atoms with E-state index in [1.807, 2.05) is 85.4 Å². The highest BCUT2D eigenvalue weighted by Gasteiger charge is 2.46. The standard InChI is InChI=1S/C40H32F10N2/c1-39(2)23-11-5-7-13-25(23)51(27(39)17-15-21-29(41)33(45)37(49)34(46)30(21)42)19-9-10-20-52-26-14-8-6-12-24(26)40(3,4)28(52)18-16-22-31(43)35(47)38(50)36(48)32(22)44/h5-8,11-18H,9-10,19-20H2,1-4H3/q+2/b17-15+,18-16+. The lowest BCUT2D eigenvalue weighted by atomic mass is 9.81. The number of rotatable bonds is 9. The van der Waals surface area contributed by atoms with Gasteiger partial charge in [0.15, 0.2) is 58.0 Å².